The summed E-state index contributed by atoms with van der Waals surface area (Å²) >= 11 is 0. The van der Waals surface area contributed by atoms with Gasteiger partial charge in [-0.15, -0.1) is 0 Å². The number of benzene rings is 1. The Labute approximate surface area is 126 Å². The topological polar surface area (TPSA) is 57.6 Å². The van der Waals surface area contributed by atoms with Crippen molar-refractivity contribution in [1.82, 2.24) is 4.31 Å². The summed E-state index contributed by atoms with van der Waals surface area (Å²) in [5.41, 5.74) is 0.657. The van der Waals surface area contributed by atoms with Gasteiger partial charge in [0, 0.05) is 25.1 Å². The van der Waals surface area contributed by atoms with Crippen LogP contribution in [0.3, 0.4) is 0 Å². The van der Waals surface area contributed by atoms with Gasteiger partial charge >= 0.3 is 0 Å². The number of aliphatic hydroxyl groups is 1. The number of hydrogen-bond donors (Lipinski definition) is 1. The molecule has 1 fully saturated rings. The first-order valence-electron chi connectivity index (χ1n) is 7.23. The van der Waals surface area contributed by atoms with Crippen LogP contribution in [0, 0.1) is 11.8 Å². The Balaban J connectivity index is 2.24. The van der Waals surface area contributed by atoms with E-state index in [2.05, 4.69) is 11.8 Å². The third kappa shape index (κ3) is 3.85. The van der Waals surface area contributed by atoms with E-state index in [1.807, 2.05) is 0 Å². The third-order valence-corrected chi connectivity index (χ3v) is 5.73. The fraction of sp³-hybridized carbons (Fsp3) is 0.500. The van der Waals surface area contributed by atoms with Gasteiger partial charge in [0.1, 0.15) is 0 Å². The minimum absolute atomic E-state index is 0.00933. The van der Waals surface area contributed by atoms with Crippen LogP contribution in [0.25, 0.3) is 0 Å². The van der Waals surface area contributed by atoms with E-state index in [1.54, 1.807) is 31.3 Å². The maximum absolute atomic E-state index is 12.6. The SMILES string of the molecule is CN(C1CCCC1)S(=O)(=O)c1cccc(C#CCCO)c1. The van der Waals surface area contributed by atoms with Crippen LogP contribution in [0.4, 0.5) is 0 Å². The zero-order valence-electron chi connectivity index (χ0n) is 12.2. The lowest BCUT2D eigenvalue weighted by atomic mass is 10.2. The lowest BCUT2D eigenvalue weighted by Gasteiger charge is -2.23. The molecule has 1 aromatic carbocycles. The largest absolute Gasteiger partial charge is 0.395 e. The summed E-state index contributed by atoms with van der Waals surface area (Å²) in [4.78, 5) is 0.285. The molecule has 1 N–H and O–H groups in total. The van der Waals surface area contributed by atoms with Crippen molar-refractivity contribution >= 4 is 10.0 Å². The lowest BCUT2D eigenvalue weighted by Crippen LogP contribution is -2.35. The number of sulfonamides is 1. The van der Waals surface area contributed by atoms with Crippen LogP contribution >= 0.6 is 0 Å². The van der Waals surface area contributed by atoms with Gasteiger partial charge in [-0.05, 0) is 31.0 Å². The van der Waals surface area contributed by atoms with Gasteiger partial charge in [0.05, 0.1) is 11.5 Å². The van der Waals surface area contributed by atoms with Crippen molar-refractivity contribution < 1.29 is 13.5 Å². The summed E-state index contributed by atoms with van der Waals surface area (Å²) in [5, 5.41) is 8.72. The minimum Gasteiger partial charge on any atom is -0.395 e. The Morgan fingerprint density at radius 2 is 2.05 bits per heavy atom. The molecule has 0 radical (unpaired) electrons. The smallest absolute Gasteiger partial charge is 0.243 e. The third-order valence-electron chi connectivity index (χ3n) is 3.82. The molecule has 1 aliphatic rings. The van der Waals surface area contributed by atoms with E-state index in [0.717, 1.165) is 25.7 Å². The Morgan fingerprint density at radius 3 is 2.71 bits per heavy atom. The first kappa shape index (κ1) is 16.0. The van der Waals surface area contributed by atoms with E-state index in [-0.39, 0.29) is 17.5 Å². The van der Waals surface area contributed by atoms with Crippen molar-refractivity contribution in [3.63, 3.8) is 0 Å². The molecular weight excluding hydrogens is 286 g/mol. The maximum atomic E-state index is 12.6. The molecule has 0 aliphatic heterocycles. The van der Waals surface area contributed by atoms with E-state index >= 15 is 0 Å². The molecule has 1 aliphatic carbocycles. The molecule has 0 heterocycles. The van der Waals surface area contributed by atoms with E-state index in [4.69, 9.17) is 5.11 Å². The van der Waals surface area contributed by atoms with E-state index in [0.29, 0.717) is 12.0 Å². The zero-order valence-corrected chi connectivity index (χ0v) is 13.1. The minimum atomic E-state index is -3.46. The van der Waals surface area contributed by atoms with Crippen molar-refractivity contribution in [1.29, 1.82) is 0 Å². The average Bonchev–Trinajstić information content (AvgIpc) is 3.01. The highest BCUT2D eigenvalue weighted by molar-refractivity contribution is 7.89. The summed E-state index contributed by atoms with van der Waals surface area (Å²) in [6, 6.07) is 6.81. The molecule has 0 spiro atoms. The summed E-state index contributed by atoms with van der Waals surface area (Å²) in [6.45, 7) is 0.00933. The summed E-state index contributed by atoms with van der Waals surface area (Å²) < 4.78 is 26.8. The summed E-state index contributed by atoms with van der Waals surface area (Å²) in [6.07, 6.45) is 4.45. The van der Waals surface area contributed by atoms with Gasteiger partial charge in [0.25, 0.3) is 0 Å². The average molecular weight is 307 g/mol. The predicted molar refractivity (Wildman–Crippen MR) is 82.2 cm³/mol. The summed E-state index contributed by atoms with van der Waals surface area (Å²) in [7, 11) is -1.80. The number of aliphatic hydroxyl groups excluding tert-OH is 1. The Kier molecular flexibility index (Phi) is 5.40. The molecular formula is C16H21NO3S. The Morgan fingerprint density at radius 1 is 1.33 bits per heavy atom. The second kappa shape index (κ2) is 7.08. The Hall–Kier alpha value is -1.35. The fourth-order valence-corrected chi connectivity index (χ4v) is 4.05. The van der Waals surface area contributed by atoms with Crippen LogP contribution in [0.1, 0.15) is 37.7 Å². The van der Waals surface area contributed by atoms with Gasteiger partial charge in [-0.25, -0.2) is 8.42 Å². The highest BCUT2D eigenvalue weighted by Gasteiger charge is 2.29. The molecule has 0 aromatic heterocycles. The first-order chi connectivity index (χ1) is 10.1. The molecule has 114 valence electrons. The van der Waals surface area contributed by atoms with Crippen molar-refractivity contribution in [2.45, 2.75) is 43.0 Å². The standard InChI is InChI=1S/C16H21NO3S/c1-17(15-9-2-3-10-15)21(19,20)16-11-6-8-14(13-16)7-4-5-12-18/h6,8,11,13,15,18H,2-3,5,9-10,12H2,1H3. The van der Waals surface area contributed by atoms with Gasteiger partial charge < -0.3 is 5.11 Å². The van der Waals surface area contributed by atoms with Crippen molar-refractivity contribution in [2.24, 2.45) is 0 Å². The van der Waals surface area contributed by atoms with E-state index in [1.165, 1.54) is 4.31 Å². The predicted octanol–water partition coefficient (Wildman–Crippen LogP) is 1.98. The number of nitrogens with zero attached hydrogens (tertiary/aromatic N) is 1. The van der Waals surface area contributed by atoms with Crippen LogP contribution in [0.15, 0.2) is 29.2 Å². The molecule has 4 nitrogen and oxygen atoms in total. The highest BCUT2D eigenvalue weighted by Crippen LogP contribution is 2.27. The molecule has 5 heteroatoms. The van der Waals surface area contributed by atoms with Crippen LogP contribution in [-0.4, -0.2) is 37.5 Å². The molecule has 0 saturated heterocycles. The Bertz CT molecular complexity index is 637. The highest BCUT2D eigenvalue weighted by atomic mass is 32.2. The fourth-order valence-electron chi connectivity index (χ4n) is 2.59. The summed E-state index contributed by atoms with van der Waals surface area (Å²) in [5.74, 6) is 5.68. The van der Waals surface area contributed by atoms with Crippen LogP contribution in [0.2, 0.25) is 0 Å². The molecule has 0 bridgehead atoms. The molecule has 0 atom stereocenters. The van der Waals surface area contributed by atoms with Gasteiger partial charge in [0.2, 0.25) is 10.0 Å². The monoisotopic (exact) mass is 307 g/mol. The van der Waals surface area contributed by atoms with Crippen molar-refractivity contribution in [3.8, 4) is 11.8 Å². The van der Waals surface area contributed by atoms with Crippen LogP contribution in [0.5, 0.6) is 0 Å². The molecule has 1 aromatic rings. The number of rotatable bonds is 4. The normalized spacial score (nSPS) is 16.0. The van der Waals surface area contributed by atoms with Crippen molar-refractivity contribution in [3.05, 3.63) is 29.8 Å². The molecule has 1 saturated carbocycles. The molecule has 2 rings (SSSR count). The molecule has 0 amide bonds. The van der Waals surface area contributed by atoms with E-state index < -0.39 is 10.0 Å². The van der Waals surface area contributed by atoms with E-state index in [9.17, 15) is 8.42 Å². The molecule has 21 heavy (non-hydrogen) atoms. The number of hydrogen-bond acceptors (Lipinski definition) is 3. The zero-order chi connectivity index (χ0) is 15.3. The maximum Gasteiger partial charge on any atom is 0.243 e. The van der Waals surface area contributed by atoms with Gasteiger partial charge in [0.15, 0.2) is 0 Å². The second-order valence-electron chi connectivity index (χ2n) is 5.26. The van der Waals surface area contributed by atoms with Crippen LogP contribution < -0.4 is 0 Å². The first-order valence-corrected chi connectivity index (χ1v) is 8.67. The van der Waals surface area contributed by atoms with Crippen molar-refractivity contribution in [2.75, 3.05) is 13.7 Å². The van der Waals surface area contributed by atoms with Gasteiger partial charge in [-0.3, -0.25) is 0 Å². The lowest BCUT2D eigenvalue weighted by molar-refractivity contribution is 0.305. The second-order valence-corrected chi connectivity index (χ2v) is 7.26. The van der Waals surface area contributed by atoms with Gasteiger partial charge in [-0.2, -0.15) is 4.31 Å². The van der Waals surface area contributed by atoms with Gasteiger partial charge in [-0.1, -0.05) is 30.7 Å². The quantitative estimate of drug-likeness (QED) is 0.865. The van der Waals surface area contributed by atoms with Crippen LogP contribution in [-0.2, 0) is 10.0 Å². The molecule has 0 unspecified atom stereocenters.